The summed E-state index contributed by atoms with van der Waals surface area (Å²) in [7, 11) is -4.50. The van der Waals surface area contributed by atoms with Crippen molar-refractivity contribution in [1.82, 2.24) is 13.2 Å². The Balaban J connectivity index is 0.0000000932. The predicted molar refractivity (Wildman–Crippen MR) is 380 cm³/mol. The first-order valence-electron chi connectivity index (χ1n) is 33.0. The average molecular weight is 1210 g/mol. The van der Waals surface area contributed by atoms with Gasteiger partial charge in [0.05, 0.1) is 16.2 Å². The van der Waals surface area contributed by atoms with Crippen molar-refractivity contribution in [3.8, 4) is 11.1 Å². The molecule has 0 fully saturated rings. The molecule has 92 heavy (non-hydrogen) atoms. The maximum atomic E-state index is 2.65. The summed E-state index contributed by atoms with van der Waals surface area (Å²) in [5, 5.41) is 21.8. The lowest BCUT2D eigenvalue weighted by molar-refractivity contribution is -0.657. The molecule has 17 aromatic rings. The first kappa shape index (κ1) is 51.3. The summed E-state index contributed by atoms with van der Waals surface area (Å²) in [5.41, 5.74) is 24.2. The molecular formula is C84H63N6Si2+3. The number of fused-ring (bicyclic) bond motifs is 3. The van der Waals surface area contributed by atoms with E-state index in [1.165, 1.54) is 169 Å². The first-order valence-corrected chi connectivity index (χ1v) is 37.4. The highest BCUT2D eigenvalue weighted by atomic mass is 28.3. The van der Waals surface area contributed by atoms with Crippen LogP contribution in [0.3, 0.4) is 0 Å². The standard InChI is InChI=1S/2C29H21N2Si.C26H21N2/c1-3-11-22(12-4-1)32(23-13-5-2-6-14-23)19-21-10-8-16-25-24-15-7-9-20-17-30-18-26(32)31(28(21)25)29(30)27(20)24;1-3-10-22(11-4-1)32(23-12-5-2-6-13-23)19-21-18-30-17-20-9-7-14-24-25-15-8-16-26(32)28(25)31(21)29(30)27(20)24;1-15-5-3-6-16(2)23(15)19-11-17-9-10-20-14-27-13-18-7-4-8-21-22(12-19)25(17)28(20)26(27)24(18)21/h2*1-16,18H,17,19H2;3-8,11-12,14H,9-10,13H2,1-2H3/q3*+1. The topological polar surface area (TPSA) is 24.9 Å². The molecule has 0 saturated heterocycles. The quantitative estimate of drug-likeness (QED) is 0.0932. The van der Waals surface area contributed by atoms with E-state index < -0.39 is 16.1 Å². The van der Waals surface area contributed by atoms with Gasteiger partial charge in [-0.1, -0.05) is 231 Å². The van der Waals surface area contributed by atoms with Crippen LogP contribution in [0.2, 0.25) is 0 Å². The summed E-state index contributed by atoms with van der Waals surface area (Å²) in [6.45, 7) is 7.42. The summed E-state index contributed by atoms with van der Waals surface area (Å²) < 4.78 is 15.3. The molecule has 0 radical (unpaired) electrons. The third-order valence-corrected chi connectivity index (χ3v) is 32.1. The van der Waals surface area contributed by atoms with Gasteiger partial charge in [-0.25, -0.2) is 13.7 Å². The van der Waals surface area contributed by atoms with Crippen LogP contribution in [0.5, 0.6) is 0 Å². The number of hydrogen-bond donors (Lipinski definition) is 0. The molecule has 0 N–H and O–H groups in total. The lowest BCUT2D eigenvalue weighted by Gasteiger charge is -2.35. The van der Waals surface area contributed by atoms with Crippen LogP contribution < -0.4 is 45.0 Å². The molecule has 6 aromatic heterocycles. The maximum Gasteiger partial charge on any atom is 0.295 e. The molecule has 6 aliphatic rings. The molecule has 0 saturated carbocycles. The van der Waals surface area contributed by atoms with E-state index >= 15 is 0 Å². The highest BCUT2D eigenvalue weighted by Gasteiger charge is 2.52. The van der Waals surface area contributed by atoms with Crippen LogP contribution in [0, 0.1) is 13.8 Å². The van der Waals surface area contributed by atoms with Gasteiger partial charge in [0, 0.05) is 67.0 Å². The van der Waals surface area contributed by atoms with Crippen LogP contribution in [0.25, 0.3) is 93.1 Å². The zero-order valence-corrected chi connectivity index (χ0v) is 53.5. The molecular weight excluding hydrogens is 1150 g/mol. The van der Waals surface area contributed by atoms with Gasteiger partial charge in [-0.2, -0.15) is 13.2 Å². The molecule has 0 bridgehead atoms. The van der Waals surface area contributed by atoms with Crippen molar-refractivity contribution in [3.05, 3.63) is 312 Å². The minimum absolute atomic E-state index is 0.968. The summed E-state index contributed by atoms with van der Waals surface area (Å²) >= 11 is 0. The van der Waals surface area contributed by atoms with E-state index in [1.807, 2.05) is 0 Å². The van der Waals surface area contributed by atoms with Crippen molar-refractivity contribution in [2.24, 2.45) is 0 Å². The Morgan fingerprint density at radius 1 is 0.326 bits per heavy atom. The summed E-state index contributed by atoms with van der Waals surface area (Å²) in [4.78, 5) is 0. The van der Waals surface area contributed by atoms with Gasteiger partial charge in [0.25, 0.3) is 16.9 Å². The molecule has 0 unspecified atom stereocenters. The van der Waals surface area contributed by atoms with Crippen LogP contribution in [-0.4, -0.2) is 29.3 Å². The molecule has 12 heterocycles. The van der Waals surface area contributed by atoms with Crippen molar-refractivity contribution >= 4 is 129 Å². The minimum Gasteiger partial charge on any atom is -0.225 e. The van der Waals surface area contributed by atoms with Crippen molar-refractivity contribution in [2.75, 3.05) is 0 Å². The fourth-order valence-electron chi connectivity index (χ4n) is 18.9. The lowest BCUT2D eigenvalue weighted by Crippen LogP contribution is -2.71. The molecule has 6 aliphatic heterocycles. The maximum absolute atomic E-state index is 2.65. The van der Waals surface area contributed by atoms with Gasteiger partial charge in [0.2, 0.25) is 8.07 Å². The van der Waals surface area contributed by atoms with Gasteiger partial charge in [0.15, 0.2) is 8.07 Å². The second kappa shape index (κ2) is 18.6. The Bertz CT molecular complexity index is 6020. The Kier molecular flexibility index (Phi) is 10.3. The van der Waals surface area contributed by atoms with Crippen molar-refractivity contribution < 1.29 is 13.7 Å². The Hall–Kier alpha value is -10.5. The molecule has 8 heteroatoms. The number of rotatable bonds is 5. The van der Waals surface area contributed by atoms with Crippen LogP contribution >= 0.6 is 0 Å². The van der Waals surface area contributed by atoms with Crippen molar-refractivity contribution in [1.29, 1.82) is 0 Å². The number of imidazole rings is 3. The second-order valence-corrected chi connectivity index (χ2v) is 34.8. The van der Waals surface area contributed by atoms with Gasteiger partial charge in [-0.05, 0) is 92.2 Å². The zero-order valence-electron chi connectivity index (χ0n) is 51.5. The molecule has 434 valence electrons. The van der Waals surface area contributed by atoms with Crippen LogP contribution in [0.15, 0.2) is 261 Å². The number of hydrogen-bond acceptors (Lipinski definition) is 0. The molecule has 0 atom stereocenters. The van der Waals surface area contributed by atoms with Crippen LogP contribution in [0.4, 0.5) is 0 Å². The van der Waals surface area contributed by atoms with E-state index in [4.69, 9.17) is 0 Å². The number of benzene rings is 11. The van der Waals surface area contributed by atoms with Crippen molar-refractivity contribution in [2.45, 2.75) is 58.4 Å². The van der Waals surface area contributed by atoms with Gasteiger partial charge in [-0.15, -0.1) is 0 Å². The Labute approximate surface area is 534 Å². The molecule has 0 amide bonds. The van der Waals surface area contributed by atoms with E-state index in [9.17, 15) is 0 Å². The Morgan fingerprint density at radius 3 is 1.33 bits per heavy atom. The number of nitrogens with zero attached hydrogens (tertiary/aromatic N) is 6. The molecule has 0 aliphatic carbocycles. The minimum atomic E-state index is -2.26. The number of pyridine rings is 3. The van der Waals surface area contributed by atoms with Gasteiger partial charge in [0.1, 0.15) is 71.5 Å². The van der Waals surface area contributed by atoms with E-state index in [2.05, 4.69) is 302 Å². The lowest BCUT2D eigenvalue weighted by atomic mass is 9.89. The predicted octanol–water partition coefficient (Wildman–Crippen LogP) is 12.2. The van der Waals surface area contributed by atoms with Gasteiger partial charge in [-0.3, -0.25) is 0 Å². The van der Waals surface area contributed by atoms with E-state index in [-0.39, 0.29) is 0 Å². The molecule has 11 aromatic carbocycles. The summed E-state index contributed by atoms with van der Waals surface area (Å²) in [6.07, 6.45) is 9.57. The van der Waals surface area contributed by atoms with Gasteiger partial charge < -0.3 is 0 Å². The Morgan fingerprint density at radius 2 is 0.761 bits per heavy atom. The third-order valence-electron chi connectivity index (χ3n) is 22.5. The normalized spacial score (nSPS) is 15.2. The highest BCUT2D eigenvalue weighted by molar-refractivity contribution is 7.12. The van der Waals surface area contributed by atoms with E-state index in [1.54, 1.807) is 5.19 Å². The third kappa shape index (κ3) is 6.59. The molecule has 6 nitrogen and oxygen atoms in total. The number of aromatic nitrogens is 6. The van der Waals surface area contributed by atoms with Gasteiger partial charge >= 0.3 is 0 Å². The smallest absolute Gasteiger partial charge is 0.225 e. The fourth-order valence-corrected chi connectivity index (χ4v) is 28.6. The molecule has 0 spiro atoms. The largest absolute Gasteiger partial charge is 0.295 e. The summed E-state index contributed by atoms with van der Waals surface area (Å²) in [6, 6.07) is 93.5. The first-order chi connectivity index (χ1) is 45.4. The average Bonchev–Trinajstić information content (AvgIpc) is 1.45. The van der Waals surface area contributed by atoms with E-state index in [0.717, 1.165) is 44.6 Å². The summed E-state index contributed by atoms with van der Waals surface area (Å²) in [5.74, 6) is 0. The second-order valence-electron chi connectivity index (χ2n) is 27.1. The van der Waals surface area contributed by atoms with Crippen molar-refractivity contribution in [3.63, 3.8) is 0 Å². The van der Waals surface area contributed by atoms with Crippen LogP contribution in [-0.2, 0) is 44.6 Å². The fraction of sp³-hybridized carbons (Fsp3) is 0.107. The zero-order chi connectivity index (χ0) is 60.3. The number of para-hydroxylation sites is 2. The number of aryl methyl sites for hydroxylation is 4. The molecule has 23 rings (SSSR count). The van der Waals surface area contributed by atoms with Crippen LogP contribution in [0.1, 0.15) is 50.3 Å². The monoisotopic (exact) mass is 1210 g/mol. The highest BCUT2D eigenvalue weighted by Crippen LogP contribution is 2.43. The van der Waals surface area contributed by atoms with E-state index in [0.29, 0.717) is 0 Å². The SMILES string of the molecule is Cc1cccc(C)c1-c1cc2c3c(c1)c1cccc4c1c1n3c(c[n+]1C4)CC2.c1ccc([Si]2(c3ccccc3)Cc3c[n+]4c5c6c(cccc6c6cccc2c6n35)C4)cc1.c1ccc([Si]2(c3ccccc3)Cc3cccc4c5cccc6c5c5n(c2c[n+]5C6)c34)cc1.